The molecule has 5 nitrogen and oxygen atoms in total. The van der Waals surface area contributed by atoms with E-state index in [0.29, 0.717) is 19.0 Å². The minimum atomic E-state index is -0.177. The third-order valence-electron chi connectivity index (χ3n) is 4.15. The van der Waals surface area contributed by atoms with E-state index in [-0.39, 0.29) is 12.5 Å². The lowest BCUT2D eigenvalue weighted by molar-refractivity contribution is -0.123. The number of nitrogens with one attached hydrogen (secondary N) is 1. The van der Waals surface area contributed by atoms with Gasteiger partial charge in [0.25, 0.3) is 5.91 Å². The SMILES string of the molecule is CCOc1cc(CNC(=O)COc2ccccc2Cc2ccccc2)ccn1. The molecule has 0 atom stereocenters. The lowest BCUT2D eigenvalue weighted by Gasteiger charge is -2.12. The fourth-order valence-corrected chi connectivity index (χ4v) is 2.79. The summed E-state index contributed by atoms with van der Waals surface area (Å²) < 4.78 is 11.1. The van der Waals surface area contributed by atoms with Gasteiger partial charge in [-0.1, -0.05) is 48.5 Å². The van der Waals surface area contributed by atoms with Crippen molar-refractivity contribution in [1.29, 1.82) is 0 Å². The molecule has 1 aromatic heterocycles. The van der Waals surface area contributed by atoms with Crippen LogP contribution in [0.25, 0.3) is 0 Å². The van der Waals surface area contributed by atoms with Gasteiger partial charge in [-0.2, -0.15) is 0 Å². The molecule has 2 aromatic carbocycles. The molecule has 3 rings (SSSR count). The average molecular weight is 376 g/mol. The van der Waals surface area contributed by atoms with E-state index >= 15 is 0 Å². The normalized spacial score (nSPS) is 10.3. The van der Waals surface area contributed by atoms with Crippen molar-refractivity contribution in [1.82, 2.24) is 10.3 Å². The van der Waals surface area contributed by atoms with Gasteiger partial charge in [0, 0.05) is 25.2 Å². The first kappa shape index (κ1) is 19.4. The van der Waals surface area contributed by atoms with Gasteiger partial charge in [-0.3, -0.25) is 4.79 Å². The summed E-state index contributed by atoms with van der Waals surface area (Å²) >= 11 is 0. The van der Waals surface area contributed by atoms with Crippen LogP contribution in [0.3, 0.4) is 0 Å². The molecule has 3 aromatic rings. The van der Waals surface area contributed by atoms with E-state index in [2.05, 4.69) is 22.4 Å². The Balaban J connectivity index is 1.53. The molecule has 0 bridgehead atoms. The van der Waals surface area contributed by atoms with E-state index in [1.165, 1.54) is 5.56 Å². The van der Waals surface area contributed by atoms with E-state index in [1.807, 2.05) is 61.5 Å². The van der Waals surface area contributed by atoms with Gasteiger partial charge in [0.2, 0.25) is 5.88 Å². The molecule has 0 aliphatic heterocycles. The van der Waals surface area contributed by atoms with Gasteiger partial charge in [0.05, 0.1) is 6.61 Å². The van der Waals surface area contributed by atoms with Crippen molar-refractivity contribution in [3.05, 3.63) is 89.6 Å². The maximum absolute atomic E-state index is 12.2. The molecule has 5 heteroatoms. The van der Waals surface area contributed by atoms with Crippen LogP contribution in [0.5, 0.6) is 11.6 Å². The number of para-hydroxylation sites is 1. The predicted octanol–water partition coefficient (Wildman–Crippen LogP) is 3.77. The van der Waals surface area contributed by atoms with Crippen LogP contribution >= 0.6 is 0 Å². The highest BCUT2D eigenvalue weighted by Crippen LogP contribution is 2.21. The Labute approximate surface area is 165 Å². The van der Waals surface area contributed by atoms with Crippen molar-refractivity contribution in [3.63, 3.8) is 0 Å². The maximum atomic E-state index is 12.2. The fourth-order valence-electron chi connectivity index (χ4n) is 2.79. The number of benzene rings is 2. The van der Waals surface area contributed by atoms with Crippen molar-refractivity contribution >= 4 is 5.91 Å². The Bertz CT molecular complexity index is 897. The molecule has 0 spiro atoms. The second-order valence-electron chi connectivity index (χ2n) is 6.27. The second kappa shape index (κ2) is 10.1. The number of amides is 1. The summed E-state index contributed by atoms with van der Waals surface area (Å²) in [6, 6.07) is 21.6. The van der Waals surface area contributed by atoms with E-state index in [1.54, 1.807) is 6.20 Å². The third-order valence-corrected chi connectivity index (χ3v) is 4.15. The highest BCUT2D eigenvalue weighted by Gasteiger charge is 2.08. The summed E-state index contributed by atoms with van der Waals surface area (Å²) in [7, 11) is 0. The standard InChI is InChI=1S/C23H24N2O3/c1-2-27-23-15-19(12-13-24-23)16-25-22(26)17-28-21-11-7-6-10-20(21)14-18-8-4-3-5-9-18/h3-13,15H,2,14,16-17H2,1H3,(H,25,26). The van der Waals surface area contributed by atoms with Crippen LogP contribution in [0.4, 0.5) is 0 Å². The van der Waals surface area contributed by atoms with Crippen LogP contribution in [0.15, 0.2) is 72.9 Å². The Morgan fingerprint density at radius 2 is 1.75 bits per heavy atom. The van der Waals surface area contributed by atoms with E-state index < -0.39 is 0 Å². The summed E-state index contributed by atoms with van der Waals surface area (Å²) in [5.74, 6) is 1.11. The highest BCUT2D eigenvalue weighted by molar-refractivity contribution is 5.77. The Kier molecular flexibility index (Phi) is 7.01. The molecule has 1 N–H and O–H groups in total. The third kappa shape index (κ3) is 5.84. The highest BCUT2D eigenvalue weighted by atomic mass is 16.5. The van der Waals surface area contributed by atoms with Gasteiger partial charge in [0.1, 0.15) is 5.75 Å². The van der Waals surface area contributed by atoms with Crippen LogP contribution in [0, 0.1) is 0 Å². The Morgan fingerprint density at radius 1 is 0.964 bits per heavy atom. The number of hydrogen-bond donors (Lipinski definition) is 1. The zero-order valence-electron chi connectivity index (χ0n) is 15.9. The molecule has 0 saturated carbocycles. The molecule has 28 heavy (non-hydrogen) atoms. The molecule has 1 heterocycles. The van der Waals surface area contributed by atoms with Crippen molar-refractivity contribution in [2.24, 2.45) is 0 Å². The number of aromatic nitrogens is 1. The molecule has 0 saturated heterocycles. The quantitative estimate of drug-likeness (QED) is 0.618. The van der Waals surface area contributed by atoms with Crippen molar-refractivity contribution in [2.75, 3.05) is 13.2 Å². The average Bonchev–Trinajstić information content (AvgIpc) is 2.73. The number of ether oxygens (including phenoxy) is 2. The molecule has 144 valence electrons. The summed E-state index contributed by atoms with van der Waals surface area (Å²) in [4.78, 5) is 16.3. The lowest BCUT2D eigenvalue weighted by Crippen LogP contribution is -2.28. The van der Waals surface area contributed by atoms with Gasteiger partial charge >= 0.3 is 0 Å². The number of nitrogens with zero attached hydrogens (tertiary/aromatic N) is 1. The topological polar surface area (TPSA) is 60.5 Å². The smallest absolute Gasteiger partial charge is 0.258 e. The lowest BCUT2D eigenvalue weighted by atomic mass is 10.0. The molecule has 0 aliphatic rings. The van der Waals surface area contributed by atoms with E-state index in [0.717, 1.165) is 23.3 Å². The fraction of sp³-hybridized carbons (Fsp3) is 0.217. The Hall–Kier alpha value is -3.34. The number of rotatable bonds is 9. The molecule has 0 radical (unpaired) electrons. The zero-order chi connectivity index (χ0) is 19.6. The van der Waals surface area contributed by atoms with Gasteiger partial charge in [-0.25, -0.2) is 4.98 Å². The number of carbonyl (C=O) groups is 1. The van der Waals surface area contributed by atoms with Crippen molar-refractivity contribution in [2.45, 2.75) is 19.9 Å². The van der Waals surface area contributed by atoms with E-state index in [9.17, 15) is 4.79 Å². The number of hydrogen-bond acceptors (Lipinski definition) is 4. The first-order valence-corrected chi connectivity index (χ1v) is 9.33. The van der Waals surface area contributed by atoms with Crippen molar-refractivity contribution in [3.8, 4) is 11.6 Å². The van der Waals surface area contributed by atoms with Gasteiger partial charge < -0.3 is 14.8 Å². The van der Waals surface area contributed by atoms with E-state index in [4.69, 9.17) is 9.47 Å². The van der Waals surface area contributed by atoms with Crippen LogP contribution in [-0.4, -0.2) is 24.1 Å². The molecule has 0 fully saturated rings. The first-order chi connectivity index (χ1) is 13.7. The van der Waals surface area contributed by atoms with Gasteiger partial charge in [-0.15, -0.1) is 0 Å². The van der Waals surface area contributed by atoms with Crippen molar-refractivity contribution < 1.29 is 14.3 Å². The number of pyridine rings is 1. The minimum absolute atomic E-state index is 0.0325. The largest absolute Gasteiger partial charge is 0.483 e. The zero-order valence-corrected chi connectivity index (χ0v) is 15.9. The molecular weight excluding hydrogens is 352 g/mol. The summed E-state index contributed by atoms with van der Waals surface area (Å²) in [6.07, 6.45) is 2.43. The molecule has 0 unspecified atom stereocenters. The summed E-state index contributed by atoms with van der Waals surface area (Å²) in [6.45, 7) is 2.83. The molecule has 1 amide bonds. The second-order valence-corrected chi connectivity index (χ2v) is 6.27. The Morgan fingerprint density at radius 3 is 2.57 bits per heavy atom. The maximum Gasteiger partial charge on any atom is 0.258 e. The predicted molar refractivity (Wildman–Crippen MR) is 108 cm³/mol. The summed E-state index contributed by atoms with van der Waals surface area (Å²) in [5, 5.41) is 2.86. The van der Waals surface area contributed by atoms with Gasteiger partial charge in [0.15, 0.2) is 6.61 Å². The summed E-state index contributed by atoms with van der Waals surface area (Å²) in [5.41, 5.74) is 3.18. The molecular formula is C23H24N2O3. The van der Waals surface area contributed by atoms with Crippen LogP contribution in [-0.2, 0) is 17.8 Å². The van der Waals surface area contributed by atoms with Crippen LogP contribution in [0.1, 0.15) is 23.6 Å². The monoisotopic (exact) mass is 376 g/mol. The minimum Gasteiger partial charge on any atom is -0.483 e. The van der Waals surface area contributed by atoms with Gasteiger partial charge in [-0.05, 0) is 35.7 Å². The number of carbonyl (C=O) groups excluding carboxylic acids is 1. The first-order valence-electron chi connectivity index (χ1n) is 9.33. The molecule has 0 aliphatic carbocycles. The van der Waals surface area contributed by atoms with Crippen LogP contribution in [0.2, 0.25) is 0 Å². The van der Waals surface area contributed by atoms with Crippen LogP contribution < -0.4 is 14.8 Å².